The van der Waals surface area contributed by atoms with Crippen molar-refractivity contribution in [3.63, 3.8) is 0 Å². The third kappa shape index (κ3) is 2.31. The van der Waals surface area contributed by atoms with E-state index < -0.39 is 0 Å². The molecule has 0 aliphatic rings. The van der Waals surface area contributed by atoms with Crippen molar-refractivity contribution in [2.45, 2.75) is 13.8 Å². The molecule has 5 heteroatoms. The zero-order valence-electron chi connectivity index (χ0n) is 9.31. The molecular weight excluding hydrogens is 202 g/mol. The van der Waals surface area contributed by atoms with Crippen LogP contribution >= 0.6 is 0 Å². The highest BCUT2D eigenvalue weighted by atomic mass is 15.1. The van der Waals surface area contributed by atoms with Crippen LogP contribution in [-0.4, -0.2) is 26.5 Å². The smallest absolute Gasteiger partial charge is 0.223 e. The molecular formula is C11H13N5. The summed E-state index contributed by atoms with van der Waals surface area (Å²) in [6.07, 6.45) is 3.43. The second kappa shape index (κ2) is 4.65. The fourth-order valence-electron chi connectivity index (χ4n) is 1.30. The Balaban J connectivity index is 2.36. The first-order valence-corrected chi connectivity index (χ1v) is 5.16. The van der Waals surface area contributed by atoms with Gasteiger partial charge in [-0.15, -0.1) is 0 Å². The van der Waals surface area contributed by atoms with Crippen LogP contribution in [0.4, 0.5) is 5.95 Å². The Morgan fingerprint density at radius 3 is 2.69 bits per heavy atom. The molecule has 2 aromatic heterocycles. The van der Waals surface area contributed by atoms with Crippen LogP contribution in [-0.2, 0) is 0 Å². The van der Waals surface area contributed by atoms with Crippen LogP contribution in [0, 0.1) is 6.92 Å². The van der Waals surface area contributed by atoms with E-state index in [1.54, 1.807) is 18.5 Å². The standard InChI is InChI=1S/C11H13N5/c1-3-12-11-14-7-5-9(16-11)10-13-6-4-8(2)15-10/h4-7H,3H2,1-2H3,(H,12,14,16). The predicted molar refractivity (Wildman–Crippen MR) is 62.0 cm³/mol. The maximum Gasteiger partial charge on any atom is 0.223 e. The summed E-state index contributed by atoms with van der Waals surface area (Å²) in [7, 11) is 0. The molecule has 0 radical (unpaired) electrons. The SMILES string of the molecule is CCNc1nccc(-c2nccc(C)n2)n1. The van der Waals surface area contributed by atoms with Crippen molar-refractivity contribution in [1.29, 1.82) is 0 Å². The van der Waals surface area contributed by atoms with Crippen LogP contribution in [0.3, 0.4) is 0 Å². The number of nitrogens with zero attached hydrogens (tertiary/aromatic N) is 4. The molecule has 0 fully saturated rings. The Bertz CT molecular complexity index is 483. The molecule has 0 saturated heterocycles. The van der Waals surface area contributed by atoms with Crippen LogP contribution in [0.2, 0.25) is 0 Å². The van der Waals surface area contributed by atoms with E-state index in [-0.39, 0.29) is 0 Å². The van der Waals surface area contributed by atoms with Crippen LogP contribution in [0.15, 0.2) is 24.5 Å². The van der Waals surface area contributed by atoms with E-state index in [0.717, 1.165) is 17.9 Å². The van der Waals surface area contributed by atoms with Gasteiger partial charge in [-0.25, -0.2) is 19.9 Å². The minimum Gasteiger partial charge on any atom is -0.354 e. The highest BCUT2D eigenvalue weighted by Crippen LogP contribution is 2.12. The first-order chi connectivity index (χ1) is 7.79. The highest BCUT2D eigenvalue weighted by molar-refractivity contribution is 5.50. The normalized spacial score (nSPS) is 10.1. The quantitative estimate of drug-likeness (QED) is 0.843. The van der Waals surface area contributed by atoms with Crippen molar-refractivity contribution < 1.29 is 0 Å². The van der Waals surface area contributed by atoms with Gasteiger partial charge < -0.3 is 5.32 Å². The lowest BCUT2D eigenvalue weighted by molar-refractivity contribution is 1.05. The molecule has 0 amide bonds. The summed E-state index contributed by atoms with van der Waals surface area (Å²) in [4.78, 5) is 16.9. The maximum atomic E-state index is 4.33. The van der Waals surface area contributed by atoms with Crippen molar-refractivity contribution in [3.05, 3.63) is 30.2 Å². The van der Waals surface area contributed by atoms with E-state index in [4.69, 9.17) is 0 Å². The number of aromatic nitrogens is 4. The molecule has 0 spiro atoms. The minimum atomic E-state index is 0.602. The molecule has 5 nitrogen and oxygen atoms in total. The maximum absolute atomic E-state index is 4.33. The minimum absolute atomic E-state index is 0.602. The Hall–Kier alpha value is -2.04. The molecule has 0 aliphatic carbocycles. The number of anilines is 1. The van der Waals surface area contributed by atoms with E-state index in [9.17, 15) is 0 Å². The third-order valence-electron chi connectivity index (χ3n) is 2.01. The van der Waals surface area contributed by atoms with Crippen molar-refractivity contribution in [3.8, 4) is 11.5 Å². The second-order valence-corrected chi connectivity index (χ2v) is 3.32. The van der Waals surface area contributed by atoms with Crippen LogP contribution in [0.1, 0.15) is 12.6 Å². The van der Waals surface area contributed by atoms with Crippen molar-refractivity contribution in [2.24, 2.45) is 0 Å². The van der Waals surface area contributed by atoms with Crippen LogP contribution in [0.5, 0.6) is 0 Å². The van der Waals surface area contributed by atoms with Gasteiger partial charge >= 0.3 is 0 Å². The Morgan fingerprint density at radius 2 is 1.94 bits per heavy atom. The third-order valence-corrected chi connectivity index (χ3v) is 2.01. The predicted octanol–water partition coefficient (Wildman–Crippen LogP) is 1.67. The van der Waals surface area contributed by atoms with E-state index in [0.29, 0.717) is 11.8 Å². The lowest BCUT2D eigenvalue weighted by atomic mass is 10.3. The van der Waals surface area contributed by atoms with Crippen molar-refractivity contribution in [1.82, 2.24) is 19.9 Å². The van der Waals surface area contributed by atoms with E-state index >= 15 is 0 Å². The fourth-order valence-corrected chi connectivity index (χ4v) is 1.30. The van der Waals surface area contributed by atoms with Crippen molar-refractivity contribution >= 4 is 5.95 Å². The molecule has 82 valence electrons. The van der Waals surface area contributed by atoms with Crippen molar-refractivity contribution in [2.75, 3.05) is 11.9 Å². The summed E-state index contributed by atoms with van der Waals surface area (Å²) in [5.41, 5.74) is 1.66. The lowest BCUT2D eigenvalue weighted by Gasteiger charge is -2.03. The van der Waals surface area contributed by atoms with E-state index in [2.05, 4.69) is 25.3 Å². The van der Waals surface area contributed by atoms with Crippen LogP contribution in [0.25, 0.3) is 11.5 Å². The molecule has 0 aromatic carbocycles. The van der Waals surface area contributed by atoms with Gasteiger partial charge in [-0.1, -0.05) is 0 Å². The average molecular weight is 215 g/mol. The summed E-state index contributed by atoms with van der Waals surface area (Å²) in [6, 6.07) is 3.66. The van der Waals surface area contributed by atoms with Gasteiger partial charge in [0.05, 0.1) is 0 Å². The summed E-state index contributed by atoms with van der Waals surface area (Å²) in [6.45, 7) is 4.72. The molecule has 2 aromatic rings. The van der Waals surface area contributed by atoms with Gasteiger partial charge in [0.15, 0.2) is 5.82 Å². The Labute approximate surface area is 94.0 Å². The average Bonchev–Trinajstić information content (AvgIpc) is 2.30. The first-order valence-electron chi connectivity index (χ1n) is 5.16. The van der Waals surface area contributed by atoms with Gasteiger partial charge in [0.1, 0.15) is 5.69 Å². The highest BCUT2D eigenvalue weighted by Gasteiger charge is 2.04. The molecule has 16 heavy (non-hydrogen) atoms. The van der Waals surface area contributed by atoms with E-state index in [1.165, 1.54) is 0 Å². The number of hydrogen-bond donors (Lipinski definition) is 1. The molecule has 2 rings (SSSR count). The molecule has 0 bridgehead atoms. The first kappa shape index (κ1) is 10.5. The fraction of sp³-hybridized carbons (Fsp3) is 0.273. The number of aryl methyl sites for hydroxylation is 1. The van der Waals surface area contributed by atoms with Gasteiger partial charge in [-0.05, 0) is 26.0 Å². The summed E-state index contributed by atoms with van der Waals surface area (Å²) in [5, 5.41) is 3.05. The lowest BCUT2D eigenvalue weighted by Crippen LogP contribution is -2.03. The number of rotatable bonds is 3. The largest absolute Gasteiger partial charge is 0.354 e. The molecule has 0 aliphatic heterocycles. The Kier molecular flexibility index (Phi) is 3.05. The zero-order valence-corrected chi connectivity index (χ0v) is 9.31. The zero-order chi connectivity index (χ0) is 11.4. The van der Waals surface area contributed by atoms with Gasteiger partial charge in [0.2, 0.25) is 5.95 Å². The Morgan fingerprint density at radius 1 is 1.12 bits per heavy atom. The topological polar surface area (TPSA) is 63.6 Å². The van der Waals surface area contributed by atoms with Gasteiger partial charge in [0.25, 0.3) is 0 Å². The molecule has 0 unspecified atom stereocenters. The summed E-state index contributed by atoms with van der Waals surface area (Å²) < 4.78 is 0. The molecule has 2 heterocycles. The van der Waals surface area contributed by atoms with Gasteiger partial charge in [-0.2, -0.15) is 0 Å². The summed E-state index contributed by atoms with van der Waals surface area (Å²) in [5.74, 6) is 1.23. The number of nitrogens with one attached hydrogen (secondary N) is 1. The summed E-state index contributed by atoms with van der Waals surface area (Å²) >= 11 is 0. The molecule has 0 saturated carbocycles. The monoisotopic (exact) mass is 215 g/mol. The molecule has 0 atom stereocenters. The van der Waals surface area contributed by atoms with E-state index in [1.807, 2.05) is 19.9 Å². The van der Waals surface area contributed by atoms with Gasteiger partial charge in [0, 0.05) is 24.6 Å². The second-order valence-electron chi connectivity index (χ2n) is 3.32. The molecule has 1 N–H and O–H groups in total. The van der Waals surface area contributed by atoms with Gasteiger partial charge in [-0.3, -0.25) is 0 Å². The number of hydrogen-bond acceptors (Lipinski definition) is 5. The van der Waals surface area contributed by atoms with Crippen LogP contribution < -0.4 is 5.32 Å².